The number of nitro groups is 1. The first kappa shape index (κ1) is 19.7. The maximum atomic E-state index is 12.9. The first-order valence-electron chi connectivity index (χ1n) is 7.57. The predicted molar refractivity (Wildman–Crippen MR) is 92.0 cm³/mol. The van der Waals surface area contributed by atoms with Crippen molar-refractivity contribution in [2.75, 3.05) is 23.3 Å². The minimum absolute atomic E-state index is 0.0321. The molecule has 0 atom stereocenters. The van der Waals surface area contributed by atoms with Gasteiger partial charge in [0.15, 0.2) is 0 Å². The average molecular weight is 390 g/mol. The van der Waals surface area contributed by atoms with E-state index in [0.717, 1.165) is 24.5 Å². The molecule has 0 aliphatic rings. The number of halogens is 4. The van der Waals surface area contributed by atoms with Crippen molar-refractivity contribution in [1.82, 2.24) is 9.97 Å². The van der Waals surface area contributed by atoms with Crippen LogP contribution in [0, 0.1) is 10.1 Å². The molecule has 0 radical (unpaired) electrons. The fourth-order valence-electron chi connectivity index (χ4n) is 2.31. The summed E-state index contributed by atoms with van der Waals surface area (Å²) in [5, 5.41) is 14.0. The van der Waals surface area contributed by atoms with Gasteiger partial charge in [-0.1, -0.05) is 11.6 Å². The van der Waals surface area contributed by atoms with Gasteiger partial charge >= 0.3 is 11.9 Å². The predicted octanol–water partition coefficient (Wildman–Crippen LogP) is 4.65. The van der Waals surface area contributed by atoms with Crippen LogP contribution in [0.2, 0.25) is 5.02 Å². The molecule has 7 nitrogen and oxygen atoms in total. The van der Waals surface area contributed by atoms with Gasteiger partial charge in [0.1, 0.15) is 6.33 Å². The van der Waals surface area contributed by atoms with E-state index in [4.69, 9.17) is 11.6 Å². The number of hydrogen-bond acceptors (Lipinski definition) is 6. The summed E-state index contributed by atoms with van der Waals surface area (Å²) in [6.45, 7) is 4.51. The van der Waals surface area contributed by atoms with Crippen LogP contribution in [0.15, 0.2) is 24.5 Å². The van der Waals surface area contributed by atoms with Crippen molar-refractivity contribution >= 4 is 34.6 Å². The number of nitrogens with one attached hydrogen (secondary N) is 1. The highest BCUT2D eigenvalue weighted by atomic mass is 35.5. The lowest BCUT2D eigenvalue weighted by atomic mass is 10.2. The maximum Gasteiger partial charge on any atom is 0.416 e. The monoisotopic (exact) mass is 389 g/mol. The highest BCUT2D eigenvalue weighted by molar-refractivity contribution is 6.33. The quantitative estimate of drug-likeness (QED) is 0.572. The number of benzene rings is 1. The van der Waals surface area contributed by atoms with Gasteiger partial charge < -0.3 is 10.2 Å². The lowest BCUT2D eigenvalue weighted by Gasteiger charge is -2.20. The fraction of sp³-hybridized carbons (Fsp3) is 0.333. The highest BCUT2D eigenvalue weighted by Gasteiger charge is 2.32. The molecule has 0 spiro atoms. The minimum atomic E-state index is -4.58. The molecule has 0 unspecified atom stereocenters. The number of rotatable bonds is 6. The third-order valence-corrected chi connectivity index (χ3v) is 3.92. The van der Waals surface area contributed by atoms with E-state index in [1.165, 1.54) is 0 Å². The Morgan fingerprint density at radius 1 is 1.27 bits per heavy atom. The molecule has 11 heteroatoms. The summed E-state index contributed by atoms with van der Waals surface area (Å²) in [5.74, 6) is -0.172. The van der Waals surface area contributed by atoms with E-state index in [9.17, 15) is 23.3 Å². The zero-order valence-electron chi connectivity index (χ0n) is 13.8. The Morgan fingerprint density at radius 3 is 2.46 bits per heavy atom. The Balaban J connectivity index is 2.54. The van der Waals surface area contributed by atoms with Gasteiger partial charge in [0, 0.05) is 13.1 Å². The molecule has 2 rings (SSSR count). The maximum absolute atomic E-state index is 12.9. The highest BCUT2D eigenvalue weighted by Crippen LogP contribution is 2.38. The molecule has 0 saturated heterocycles. The number of anilines is 3. The summed E-state index contributed by atoms with van der Waals surface area (Å²) >= 11 is 5.93. The van der Waals surface area contributed by atoms with Crippen LogP contribution in [0.1, 0.15) is 19.4 Å². The van der Waals surface area contributed by atoms with E-state index < -0.39 is 22.4 Å². The fourth-order valence-corrected chi connectivity index (χ4v) is 2.47. The van der Waals surface area contributed by atoms with Gasteiger partial charge in [0.05, 0.1) is 21.2 Å². The Morgan fingerprint density at radius 2 is 1.92 bits per heavy atom. The number of nitrogens with zero attached hydrogens (tertiary/aromatic N) is 4. The minimum Gasteiger partial charge on any atom is -0.351 e. The molecule has 1 heterocycles. The third-order valence-electron chi connectivity index (χ3n) is 3.60. The lowest BCUT2D eigenvalue weighted by Crippen LogP contribution is -2.24. The van der Waals surface area contributed by atoms with Crippen molar-refractivity contribution in [3.63, 3.8) is 0 Å². The topological polar surface area (TPSA) is 84.2 Å². The number of alkyl halides is 3. The molecule has 0 bridgehead atoms. The molecule has 26 heavy (non-hydrogen) atoms. The standard InChI is InChI=1S/C15H15ClF3N5O2/c1-3-23(4-2)14-12(24(25)26)13(20-8-21-14)22-11-7-9(15(17,18)19)5-6-10(11)16/h5-8H,3-4H2,1-2H3,(H,20,21,22). The van der Waals surface area contributed by atoms with E-state index in [2.05, 4.69) is 15.3 Å². The lowest BCUT2D eigenvalue weighted by molar-refractivity contribution is -0.383. The number of hydrogen-bond donors (Lipinski definition) is 1. The first-order valence-corrected chi connectivity index (χ1v) is 7.94. The first-order chi connectivity index (χ1) is 12.2. The van der Waals surface area contributed by atoms with Crippen LogP contribution in [0.5, 0.6) is 0 Å². The van der Waals surface area contributed by atoms with Crippen molar-refractivity contribution in [3.05, 3.63) is 45.2 Å². The van der Waals surface area contributed by atoms with Crippen LogP contribution in [0.25, 0.3) is 0 Å². The van der Waals surface area contributed by atoms with Gasteiger partial charge in [-0.15, -0.1) is 0 Å². The molecular weight excluding hydrogens is 375 g/mol. The van der Waals surface area contributed by atoms with Gasteiger partial charge in [0.2, 0.25) is 11.6 Å². The van der Waals surface area contributed by atoms with Gasteiger partial charge in [0.25, 0.3) is 0 Å². The Bertz CT molecular complexity index is 812. The van der Waals surface area contributed by atoms with E-state index in [1.807, 2.05) is 0 Å². The summed E-state index contributed by atoms with van der Waals surface area (Å²) in [5.41, 5.74) is -1.52. The van der Waals surface area contributed by atoms with Crippen molar-refractivity contribution in [1.29, 1.82) is 0 Å². The molecule has 0 fully saturated rings. The molecule has 140 valence electrons. The van der Waals surface area contributed by atoms with Crippen LogP contribution < -0.4 is 10.2 Å². The largest absolute Gasteiger partial charge is 0.416 e. The molecule has 1 N–H and O–H groups in total. The summed E-state index contributed by atoms with van der Waals surface area (Å²) in [4.78, 5) is 20.2. The zero-order chi connectivity index (χ0) is 19.5. The Labute approximate surface area is 152 Å². The Hall–Kier alpha value is -2.62. The van der Waals surface area contributed by atoms with Crippen LogP contribution in [-0.4, -0.2) is 28.0 Å². The van der Waals surface area contributed by atoms with E-state index in [-0.39, 0.29) is 22.3 Å². The molecule has 1 aromatic carbocycles. The van der Waals surface area contributed by atoms with Gasteiger partial charge in [-0.25, -0.2) is 9.97 Å². The van der Waals surface area contributed by atoms with Gasteiger partial charge in [-0.2, -0.15) is 13.2 Å². The van der Waals surface area contributed by atoms with E-state index in [0.29, 0.717) is 13.1 Å². The molecule has 1 aromatic heterocycles. The van der Waals surface area contributed by atoms with E-state index in [1.54, 1.807) is 18.7 Å². The molecule has 2 aromatic rings. The van der Waals surface area contributed by atoms with Crippen molar-refractivity contribution in [2.24, 2.45) is 0 Å². The molecule has 0 aliphatic carbocycles. The summed E-state index contributed by atoms with van der Waals surface area (Å²) in [7, 11) is 0. The van der Waals surface area contributed by atoms with Crippen LogP contribution in [0.3, 0.4) is 0 Å². The normalized spacial score (nSPS) is 11.3. The zero-order valence-corrected chi connectivity index (χ0v) is 14.6. The average Bonchev–Trinajstić information content (AvgIpc) is 2.57. The summed E-state index contributed by atoms with van der Waals surface area (Å²) in [6, 6.07) is 2.65. The summed E-state index contributed by atoms with van der Waals surface area (Å²) < 4.78 is 38.7. The summed E-state index contributed by atoms with van der Waals surface area (Å²) in [6.07, 6.45) is -3.48. The van der Waals surface area contributed by atoms with Crippen molar-refractivity contribution in [2.45, 2.75) is 20.0 Å². The SMILES string of the molecule is CCN(CC)c1ncnc(Nc2cc(C(F)(F)F)ccc2Cl)c1[N+](=O)[O-]. The van der Waals surface area contributed by atoms with Crippen molar-refractivity contribution in [3.8, 4) is 0 Å². The third kappa shape index (κ3) is 4.13. The molecule has 0 saturated carbocycles. The van der Waals surface area contributed by atoms with Crippen LogP contribution >= 0.6 is 11.6 Å². The molecular formula is C15H15ClF3N5O2. The van der Waals surface area contributed by atoms with Crippen molar-refractivity contribution < 1.29 is 18.1 Å². The molecule has 0 aliphatic heterocycles. The van der Waals surface area contributed by atoms with Crippen LogP contribution in [0.4, 0.5) is 36.2 Å². The smallest absolute Gasteiger partial charge is 0.351 e. The molecule has 0 amide bonds. The van der Waals surface area contributed by atoms with Gasteiger partial charge in [-0.05, 0) is 32.0 Å². The van der Waals surface area contributed by atoms with Crippen LogP contribution in [-0.2, 0) is 6.18 Å². The second kappa shape index (κ2) is 7.73. The van der Waals surface area contributed by atoms with E-state index >= 15 is 0 Å². The second-order valence-electron chi connectivity index (χ2n) is 5.14. The Kier molecular flexibility index (Phi) is 5.86. The number of aromatic nitrogens is 2. The second-order valence-corrected chi connectivity index (χ2v) is 5.55. The van der Waals surface area contributed by atoms with Gasteiger partial charge in [-0.3, -0.25) is 10.1 Å².